The lowest BCUT2D eigenvalue weighted by molar-refractivity contribution is -0.117. The molecule has 4 aromatic carbocycles. The first-order chi connectivity index (χ1) is 15.8. The van der Waals surface area contributed by atoms with E-state index in [1.807, 2.05) is 60.7 Å². The van der Waals surface area contributed by atoms with E-state index in [1.165, 1.54) is 22.3 Å². The fourth-order valence-corrected chi connectivity index (χ4v) is 3.57. The lowest BCUT2D eigenvalue weighted by Crippen LogP contribution is -1.92. The molecule has 0 aliphatic heterocycles. The van der Waals surface area contributed by atoms with Crippen LogP contribution in [0.2, 0.25) is 0 Å². The molecule has 0 spiro atoms. The van der Waals surface area contributed by atoms with Crippen molar-refractivity contribution in [1.82, 2.24) is 0 Å². The van der Waals surface area contributed by atoms with E-state index < -0.39 is 0 Å². The van der Waals surface area contributed by atoms with Crippen LogP contribution < -0.4 is 0 Å². The lowest BCUT2D eigenvalue weighted by atomic mass is 10.0. The van der Waals surface area contributed by atoms with Crippen molar-refractivity contribution in [3.63, 3.8) is 0 Å². The van der Waals surface area contributed by atoms with Gasteiger partial charge < -0.3 is 0 Å². The molecule has 0 heterocycles. The zero-order valence-electron chi connectivity index (χ0n) is 18.0. The maximum atomic E-state index is 12.2. The van der Waals surface area contributed by atoms with Crippen molar-refractivity contribution in [1.29, 1.82) is 0 Å². The molecule has 0 radical (unpaired) electrons. The van der Waals surface area contributed by atoms with Gasteiger partial charge in [0.2, 0.25) is 0 Å². The van der Waals surface area contributed by atoms with Crippen molar-refractivity contribution >= 4 is 17.9 Å². The second-order valence-electron chi connectivity index (χ2n) is 7.73. The molecule has 0 fully saturated rings. The Morgan fingerprint density at radius 2 is 0.812 bits per heavy atom. The van der Waals surface area contributed by atoms with E-state index in [0.29, 0.717) is 12.8 Å². The number of benzene rings is 4. The van der Waals surface area contributed by atoms with Crippen LogP contribution in [0.3, 0.4) is 0 Å². The van der Waals surface area contributed by atoms with Crippen LogP contribution in [0.4, 0.5) is 0 Å². The number of ketones is 1. The third-order valence-corrected chi connectivity index (χ3v) is 5.35. The van der Waals surface area contributed by atoms with Gasteiger partial charge in [-0.05, 0) is 33.4 Å². The smallest absolute Gasteiger partial charge is 0.140 e. The van der Waals surface area contributed by atoms with E-state index in [0.717, 1.165) is 11.1 Å². The van der Waals surface area contributed by atoms with Crippen LogP contribution in [0.1, 0.15) is 24.0 Å². The third kappa shape index (κ3) is 6.02. The number of Topliss-reactive ketones (excluding diaryl/α,β-unsaturated/α-hetero) is 1. The summed E-state index contributed by atoms with van der Waals surface area (Å²) in [4.78, 5) is 12.2. The molecule has 1 nitrogen and oxygen atoms in total. The Morgan fingerprint density at radius 1 is 0.469 bits per heavy atom. The molecule has 0 atom stereocenters. The highest BCUT2D eigenvalue weighted by Gasteiger charge is 1.99. The molecule has 0 unspecified atom stereocenters. The summed E-state index contributed by atoms with van der Waals surface area (Å²) < 4.78 is 0. The third-order valence-electron chi connectivity index (χ3n) is 5.35. The van der Waals surface area contributed by atoms with Crippen molar-refractivity contribution in [2.24, 2.45) is 0 Å². The van der Waals surface area contributed by atoms with Gasteiger partial charge in [-0.15, -0.1) is 0 Å². The van der Waals surface area contributed by atoms with Crippen molar-refractivity contribution in [2.45, 2.75) is 12.8 Å². The minimum atomic E-state index is 0.208. The number of rotatable bonds is 8. The minimum absolute atomic E-state index is 0.208. The van der Waals surface area contributed by atoms with Crippen LogP contribution >= 0.6 is 0 Å². The van der Waals surface area contributed by atoms with Gasteiger partial charge in [-0.25, -0.2) is 0 Å². The van der Waals surface area contributed by atoms with E-state index in [9.17, 15) is 4.79 Å². The second-order valence-corrected chi connectivity index (χ2v) is 7.73. The van der Waals surface area contributed by atoms with E-state index in [-0.39, 0.29) is 5.78 Å². The van der Waals surface area contributed by atoms with Crippen LogP contribution in [0, 0.1) is 0 Å². The van der Waals surface area contributed by atoms with Gasteiger partial charge in [-0.3, -0.25) is 4.79 Å². The molecule has 0 aliphatic rings. The van der Waals surface area contributed by atoms with Gasteiger partial charge in [-0.2, -0.15) is 0 Å². The highest BCUT2D eigenvalue weighted by Crippen LogP contribution is 2.21. The molecule has 0 N–H and O–H groups in total. The molecule has 0 bridgehead atoms. The van der Waals surface area contributed by atoms with Gasteiger partial charge in [0.25, 0.3) is 0 Å². The minimum Gasteiger partial charge on any atom is -0.299 e. The Morgan fingerprint density at radius 3 is 1.19 bits per heavy atom. The summed E-state index contributed by atoms with van der Waals surface area (Å²) in [6, 6.07) is 37.4. The summed E-state index contributed by atoms with van der Waals surface area (Å²) in [6.45, 7) is 0. The zero-order chi connectivity index (χ0) is 22.0. The number of carbonyl (C=O) groups is 1. The molecule has 0 amide bonds. The molecule has 0 saturated heterocycles. The molecule has 32 heavy (non-hydrogen) atoms. The predicted octanol–water partition coefficient (Wildman–Crippen LogP) is 8.10. The van der Waals surface area contributed by atoms with Gasteiger partial charge in [0.15, 0.2) is 0 Å². The van der Waals surface area contributed by atoms with Gasteiger partial charge >= 0.3 is 0 Å². The average Bonchev–Trinajstić information content (AvgIpc) is 2.86. The molecule has 4 aromatic rings. The molecular weight excluding hydrogens is 388 g/mol. The Kier molecular flexibility index (Phi) is 7.23. The number of hydrogen-bond acceptors (Lipinski definition) is 1. The Hall–Kier alpha value is -3.97. The highest BCUT2D eigenvalue weighted by molar-refractivity contribution is 5.83. The molecule has 156 valence electrons. The summed E-state index contributed by atoms with van der Waals surface area (Å²) in [5, 5.41) is 0. The van der Waals surface area contributed by atoms with Gasteiger partial charge in [0.1, 0.15) is 5.78 Å². The number of carbonyl (C=O) groups excluding carboxylic acids is 1. The predicted molar refractivity (Wildman–Crippen MR) is 136 cm³/mol. The molecular formula is C31H26O. The summed E-state index contributed by atoms with van der Waals surface area (Å²) in [5.74, 6) is 0.208. The summed E-state index contributed by atoms with van der Waals surface area (Å²) >= 11 is 0. The first kappa shape index (κ1) is 21.3. The number of hydrogen-bond donors (Lipinski definition) is 0. The van der Waals surface area contributed by atoms with Crippen molar-refractivity contribution < 1.29 is 4.79 Å². The lowest BCUT2D eigenvalue weighted by Gasteiger charge is -2.02. The first-order valence-corrected chi connectivity index (χ1v) is 10.9. The van der Waals surface area contributed by atoms with E-state index in [4.69, 9.17) is 0 Å². The van der Waals surface area contributed by atoms with Gasteiger partial charge in [-0.1, -0.05) is 133 Å². The fraction of sp³-hybridized carbons (Fsp3) is 0.0645. The van der Waals surface area contributed by atoms with Crippen LogP contribution in [0.15, 0.2) is 121 Å². The first-order valence-electron chi connectivity index (χ1n) is 10.9. The SMILES string of the molecule is O=C(C/C=C/c1ccc(-c2ccccc2)cc1)C/C=C/c1ccc(-c2ccccc2)cc1. The Balaban J connectivity index is 1.25. The highest BCUT2D eigenvalue weighted by atomic mass is 16.1. The maximum Gasteiger partial charge on any atom is 0.140 e. The van der Waals surface area contributed by atoms with Crippen LogP contribution in [0.25, 0.3) is 34.4 Å². The Labute approximate surface area is 190 Å². The zero-order valence-corrected chi connectivity index (χ0v) is 18.0. The molecule has 0 aliphatic carbocycles. The number of allylic oxidation sites excluding steroid dienone is 2. The normalized spacial score (nSPS) is 11.2. The van der Waals surface area contributed by atoms with Crippen LogP contribution in [0.5, 0.6) is 0 Å². The quantitative estimate of drug-likeness (QED) is 0.285. The average molecular weight is 415 g/mol. The molecule has 4 rings (SSSR count). The van der Waals surface area contributed by atoms with E-state index in [2.05, 4.69) is 72.8 Å². The largest absolute Gasteiger partial charge is 0.299 e. The van der Waals surface area contributed by atoms with Crippen molar-refractivity contribution in [2.75, 3.05) is 0 Å². The van der Waals surface area contributed by atoms with Crippen molar-refractivity contribution in [3.8, 4) is 22.3 Å². The van der Waals surface area contributed by atoms with Gasteiger partial charge in [0, 0.05) is 12.8 Å². The van der Waals surface area contributed by atoms with E-state index in [1.54, 1.807) is 0 Å². The molecule has 0 aromatic heterocycles. The summed E-state index contributed by atoms with van der Waals surface area (Å²) in [6.07, 6.45) is 8.80. The van der Waals surface area contributed by atoms with Crippen molar-refractivity contribution in [3.05, 3.63) is 132 Å². The second kappa shape index (κ2) is 10.9. The van der Waals surface area contributed by atoms with Gasteiger partial charge in [0.05, 0.1) is 0 Å². The fourth-order valence-electron chi connectivity index (χ4n) is 3.57. The monoisotopic (exact) mass is 414 g/mol. The Bertz CT molecular complexity index is 1090. The van der Waals surface area contributed by atoms with E-state index >= 15 is 0 Å². The standard InChI is InChI=1S/C31H26O/c32-31(15-7-9-25-17-21-29(22-18-25)27-11-3-1-4-12-27)16-8-10-26-19-23-30(24-20-26)28-13-5-2-6-14-28/h1-14,17-24H,15-16H2/b9-7+,10-8+. The summed E-state index contributed by atoms with van der Waals surface area (Å²) in [5.41, 5.74) is 7.01. The molecule has 0 saturated carbocycles. The van der Waals surface area contributed by atoms with Crippen LogP contribution in [-0.4, -0.2) is 5.78 Å². The topological polar surface area (TPSA) is 17.1 Å². The summed E-state index contributed by atoms with van der Waals surface area (Å²) in [7, 11) is 0. The maximum absolute atomic E-state index is 12.2. The van der Waals surface area contributed by atoms with Crippen LogP contribution in [-0.2, 0) is 4.79 Å². The molecule has 1 heteroatoms.